The van der Waals surface area contributed by atoms with Crippen LogP contribution in [0.1, 0.15) is 13.8 Å². The van der Waals surface area contributed by atoms with Crippen LogP contribution in [0.4, 0.5) is 0 Å². The Bertz CT molecular complexity index is 149. The molecular formula is C10H23ClN2. The number of rotatable bonds is 5. The molecule has 0 saturated heterocycles. The molecule has 0 heterocycles. The van der Waals surface area contributed by atoms with E-state index in [0.717, 1.165) is 17.6 Å². The second-order valence-corrected chi connectivity index (χ2v) is 4.71. The van der Waals surface area contributed by atoms with Crippen LogP contribution < -0.4 is 17.7 Å². The summed E-state index contributed by atoms with van der Waals surface area (Å²) in [5.41, 5.74) is 1.20. The molecule has 2 nitrogen and oxygen atoms in total. The predicted molar refractivity (Wildman–Crippen MR) is 55.2 cm³/mol. The van der Waals surface area contributed by atoms with Gasteiger partial charge in [-0.1, -0.05) is 12.2 Å². The highest BCUT2D eigenvalue weighted by atomic mass is 35.5. The van der Waals surface area contributed by atoms with Crippen LogP contribution in [0.15, 0.2) is 12.2 Å². The molecule has 80 valence electrons. The van der Waals surface area contributed by atoms with Gasteiger partial charge in [-0.05, 0) is 13.8 Å². The van der Waals surface area contributed by atoms with E-state index in [4.69, 9.17) is 0 Å². The lowest BCUT2D eigenvalue weighted by Gasteiger charge is -2.28. The summed E-state index contributed by atoms with van der Waals surface area (Å²) in [7, 11) is 6.62. The van der Waals surface area contributed by atoms with Crippen molar-refractivity contribution in [1.82, 2.24) is 5.32 Å². The van der Waals surface area contributed by atoms with E-state index in [-0.39, 0.29) is 12.4 Å². The van der Waals surface area contributed by atoms with Crippen molar-refractivity contribution in [3.05, 3.63) is 12.2 Å². The number of halogens is 1. The summed E-state index contributed by atoms with van der Waals surface area (Å²) in [6.45, 7) is 10.2. The lowest BCUT2D eigenvalue weighted by molar-refractivity contribution is -0.871. The molecule has 0 bridgehead atoms. The molecule has 1 N–H and O–H groups in total. The zero-order valence-electron chi connectivity index (χ0n) is 9.52. The van der Waals surface area contributed by atoms with Gasteiger partial charge in [0.05, 0.1) is 33.7 Å². The third-order valence-electron chi connectivity index (χ3n) is 1.57. The zero-order valence-corrected chi connectivity index (χ0v) is 10.3. The van der Waals surface area contributed by atoms with Gasteiger partial charge in [0, 0.05) is 6.54 Å². The van der Waals surface area contributed by atoms with Gasteiger partial charge in [0.2, 0.25) is 0 Å². The summed E-state index contributed by atoms with van der Waals surface area (Å²) in [6, 6.07) is 0.557. The maximum absolute atomic E-state index is 3.86. The smallest absolute Gasteiger partial charge is 0.0933 e. The molecule has 13 heavy (non-hydrogen) atoms. The summed E-state index contributed by atoms with van der Waals surface area (Å²) in [6.07, 6.45) is 0. The number of nitrogens with zero attached hydrogens (tertiary/aromatic N) is 1. The van der Waals surface area contributed by atoms with Crippen LogP contribution in [-0.4, -0.2) is 44.8 Å². The molecule has 0 rings (SSSR count). The van der Waals surface area contributed by atoms with Gasteiger partial charge in [-0.25, -0.2) is 0 Å². The molecule has 3 heteroatoms. The Balaban J connectivity index is 0. The first kappa shape index (κ1) is 15.4. The van der Waals surface area contributed by atoms with Gasteiger partial charge in [0.15, 0.2) is 0 Å². The normalized spacial score (nSPS) is 13.3. The molecule has 1 atom stereocenters. The Morgan fingerprint density at radius 2 is 1.85 bits per heavy atom. The molecule has 0 amide bonds. The minimum atomic E-state index is 0. The van der Waals surface area contributed by atoms with Gasteiger partial charge >= 0.3 is 0 Å². The lowest BCUT2D eigenvalue weighted by atomic mass is 10.2. The number of quaternary nitrogens is 1. The minimum Gasteiger partial charge on any atom is -1.00 e. The van der Waals surface area contributed by atoms with E-state index in [2.05, 4.69) is 40.0 Å². The standard InChI is InChI=1S/C10H23N2.ClH/c1-9(2)7-11-10(3)8-12(4,5)6;/h10-11H,1,7-8H2,2-6H3;1H/q+1;/p-1. The first-order valence-corrected chi connectivity index (χ1v) is 4.49. The molecule has 0 aromatic carbocycles. The lowest BCUT2D eigenvalue weighted by Crippen LogP contribution is -3.00. The molecule has 0 spiro atoms. The van der Waals surface area contributed by atoms with Gasteiger partial charge < -0.3 is 22.2 Å². The van der Waals surface area contributed by atoms with E-state index in [1.165, 1.54) is 5.57 Å². The van der Waals surface area contributed by atoms with Crippen molar-refractivity contribution in [2.24, 2.45) is 0 Å². The van der Waals surface area contributed by atoms with Crippen LogP contribution in [0.3, 0.4) is 0 Å². The Hall–Kier alpha value is -0.0500. The van der Waals surface area contributed by atoms with Crippen LogP contribution >= 0.6 is 0 Å². The van der Waals surface area contributed by atoms with Crippen LogP contribution in [0.2, 0.25) is 0 Å². The molecule has 0 aliphatic heterocycles. The Kier molecular flexibility index (Phi) is 7.61. The second-order valence-electron chi connectivity index (χ2n) is 4.71. The first-order valence-electron chi connectivity index (χ1n) is 4.49. The van der Waals surface area contributed by atoms with Crippen molar-refractivity contribution < 1.29 is 16.9 Å². The fourth-order valence-corrected chi connectivity index (χ4v) is 1.23. The van der Waals surface area contributed by atoms with Crippen molar-refractivity contribution >= 4 is 0 Å². The topological polar surface area (TPSA) is 12.0 Å². The maximum atomic E-state index is 3.86. The highest BCUT2D eigenvalue weighted by Crippen LogP contribution is 1.94. The first-order chi connectivity index (χ1) is 5.31. The molecule has 0 aliphatic carbocycles. The Labute approximate surface area is 89.0 Å². The highest BCUT2D eigenvalue weighted by molar-refractivity contribution is 4.91. The fourth-order valence-electron chi connectivity index (χ4n) is 1.23. The predicted octanol–water partition coefficient (Wildman–Crippen LogP) is -1.75. The van der Waals surface area contributed by atoms with E-state index >= 15 is 0 Å². The highest BCUT2D eigenvalue weighted by Gasteiger charge is 2.12. The fraction of sp³-hybridized carbons (Fsp3) is 0.800. The molecule has 0 aromatic rings. The van der Waals surface area contributed by atoms with Crippen molar-refractivity contribution in [1.29, 1.82) is 0 Å². The van der Waals surface area contributed by atoms with Crippen molar-refractivity contribution in [2.75, 3.05) is 34.2 Å². The van der Waals surface area contributed by atoms with Crippen LogP contribution in [-0.2, 0) is 0 Å². The summed E-state index contributed by atoms with van der Waals surface area (Å²) in [5.74, 6) is 0. The molecule has 0 aromatic heterocycles. The van der Waals surface area contributed by atoms with E-state index in [0.29, 0.717) is 6.04 Å². The largest absolute Gasteiger partial charge is 1.00 e. The summed E-state index contributed by atoms with van der Waals surface area (Å²) >= 11 is 0. The maximum Gasteiger partial charge on any atom is 0.0933 e. The van der Waals surface area contributed by atoms with Crippen molar-refractivity contribution in [3.63, 3.8) is 0 Å². The van der Waals surface area contributed by atoms with Gasteiger partial charge in [-0.2, -0.15) is 0 Å². The van der Waals surface area contributed by atoms with Crippen LogP contribution in [0.5, 0.6) is 0 Å². The molecule has 0 radical (unpaired) electrons. The van der Waals surface area contributed by atoms with Gasteiger partial charge in [0.1, 0.15) is 0 Å². The average molecular weight is 207 g/mol. The third-order valence-corrected chi connectivity index (χ3v) is 1.57. The Morgan fingerprint density at radius 1 is 1.38 bits per heavy atom. The quantitative estimate of drug-likeness (QED) is 0.416. The minimum absolute atomic E-state index is 0. The summed E-state index contributed by atoms with van der Waals surface area (Å²) < 4.78 is 1.00. The molecule has 0 aliphatic rings. The molecule has 0 saturated carbocycles. The van der Waals surface area contributed by atoms with Gasteiger partial charge in [-0.15, -0.1) is 0 Å². The zero-order chi connectivity index (χ0) is 9.78. The van der Waals surface area contributed by atoms with Gasteiger partial charge in [0.25, 0.3) is 0 Å². The van der Waals surface area contributed by atoms with E-state index in [1.807, 2.05) is 6.92 Å². The summed E-state index contributed by atoms with van der Waals surface area (Å²) in [4.78, 5) is 0. The van der Waals surface area contributed by atoms with E-state index in [1.54, 1.807) is 0 Å². The SMILES string of the molecule is C=C(C)CNC(C)C[N+](C)(C)C.[Cl-]. The molecule has 0 fully saturated rings. The molecule has 1 unspecified atom stereocenters. The second kappa shape index (κ2) is 6.41. The average Bonchev–Trinajstić information content (AvgIpc) is 1.79. The van der Waals surface area contributed by atoms with Crippen LogP contribution in [0.25, 0.3) is 0 Å². The molecular weight excluding hydrogens is 184 g/mol. The van der Waals surface area contributed by atoms with E-state index < -0.39 is 0 Å². The third kappa shape index (κ3) is 12.0. The number of nitrogens with one attached hydrogen (secondary N) is 1. The van der Waals surface area contributed by atoms with Gasteiger partial charge in [-0.3, -0.25) is 0 Å². The van der Waals surface area contributed by atoms with Crippen molar-refractivity contribution in [3.8, 4) is 0 Å². The summed E-state index contributed by atoms with van der Waals surface area (Å²) in [5, 5.41) is 3.42. The van der Waals surface area contributed by atoms with Crippen molar-refractivity contribution in [2.45, 2.75) is 19.9 Å². The van der Waals surface area contributed by atoms with E-state index in [9.17, 15) is 0 Å². The number of hydrogen-bond donors (Lipinski definition) is 1. The van der Waals surface area contributed by atoms with Crippen LogP contribution in [0, 0.1) is 0 Å². The Morgan fingerprint density at radius 3 is 2.15 bits per heavy atom. The number of likely N-dealkylation sites (N-methyl/N-ethyl adjacent to an activating group) is 1. The monoisotopic (exact) mass is 206 g/mol. The number of hydrogen-bond acceptors (Lipinski definition) is 1.